The molecule has 0 aromatic heterocycles. The Morgan fingerprint density at radius 3 is 2.41 bits per heavy atom. The van der Waals surface area contributed by atoms with Crippen LogP contribution in [0.2, 0.25) is 0 Å². The normalized spacial score (nSPS) is 14.0. The lowest BCUT2D eigenvalue weighted by atomic mass is 9.86. The molecule has 0 radical (unpaired) electrons. The van der Waals surface area contributed by atoms with Gasteiger partial charge in [-0.05, 0) is 47.6 Å². The molecule has 5 nitrogen and oxygen atoms in total. The van der Waals surface area contributed by atoms with Gasteiger partial charge in [-0.15, -0.1) is 0 Å². The molecule has 0 unspecified atom stereocenters. The van der Waals surface area contributed by atoms with E-state index in [2.05, 4.69) is 31.4 Å². The van der Waals surface area contributed by atoms with Gasteiger partial charge in [-0.2, -0.15) is 0 Å². The van der Waals surface area contributed by atoms with E-state index in [1.54, 1.807) is 7.11 Å². The number of anilines is 2. The van der Waals surface area contributed by atoms with Crippen LogP contribution in [-0.2, 0) is 16.6 Å². The maximum absolute atomic E-state index is 12.8. The number of hydrogen-bond acceptors (Lipinski definition) is 3. The molecule has 0 saturated heterocycles. The summed E-state index contributed by atoms with van der Waals surface area (Å²) in [5, 5.41) is 5.85. The topological polar surface area (TPSA) is 67.4 Å². The molecule has 2 N–H and O–H groups in total. The van der Waals surface area contributed by atoms with Gasteiger partial charge in [0, 0.05) is 12.0 Å². The second-order valence-electron chi connectivity index (χ2n) is 7.86. The van der Waals surface area contributed by atoms with Crippen LogP contribution in [0.1, 0.15) is 55.1 Å². The molecule has 2 aromatic carbocycles. The Morgan fingerprint density at radius 1 is 1.07 bits per heavy atom. The number of carbonyl (C=O) groups excluding carboxylic acids is 2. The van der Waals surface area contributed by atoms with E-state index in [0.717, 1.165) is 24.0 Å². The van der Waals surface area contributed by atoms with E-state index in [9.17, 15) is 9.59 Å². The molecule has 0 aliphatic carbocycles. The van der Waals surface area contributed by atoms with Crippen LogP contribution in [0.25, 0.3) is 0 Å². The number of amides is 2. The third-order valence-corrected chi connectivity index (χ3v) is 4.84. The Hall–Kier alpha value is -2.82. The Morgan fingerprint density at radius 2 is 1.78 bits per heavy atom. The average Bonchev–Trinajstić information content (AvgIpc) is 2.82. The van der Waals surface area contributed by atoms with Crippen LogP contribution in [0.15, 0.2) is 36.4 Å². The number of methoxy groups -OCH3 is 1. The fourth-order valence-corrected chi connectivity index (χ4v) is 3.22. The van der Waals surface area contributed by atoms with E-state index >= 15 is 0 Å². The summed E-state index contributed by atoms with van der Waals surface area (Å²) in [6, 6.07) is 11.4. The van der Waals surface area contributed by atoms with Gasteiger partial charge in [-0.25, -0.2) is 0 Å². The lowest BCUT2D eigenvalue weighted by Crippen LogP contribution is -2.17. The fourth-order valence-electron chi connectivity index (χ4n) is 3.22. The van der Waals surface area contributed by atoms with Gasteiger partial charge in [-0.1, -0.05) is 39.0 Å². The molecule has 0 atom stereocenters. The lowest BCUT2D eigenvalue weighted by Gasteiger charge is -2.20. The molecule has 0 saturated carbocycles. The average molecular weight is 366 g/mol. The van der Waals surface area contributed by atoms with Gasteiger partial charge < -0.3 is 15.4 Å². The quantitative estimate of drug-likeness (QED) is 0.839. The number of aryl methyl sites for hydroxylation is 1. The highest BCUT2D eigenvalue weighted by Gasteiger charge is 2.22. The Balaban J connectivity index is 1.92. The van der Waals surface area contributed by atoms with Crippen LogP contribution < -0.4 is 15.4 Å². The standard InChI is InChI=1S/C22H26N2O3/c1-22(2,3)16-11-8-15(9-12-16)21(26)24-20-17(27-4)13-10-14-6-5-7-18(25)23-19(14)20/h8-13H,5-7H2,1-4H3,(H,23,25)(H,24,26). The summed E-state index contributed by atoms with van der Waals surface area (Å²) in [5.41, 5.74) is 3.89. The summed E-state index contributed by atoms with van der Waals surface area (Å²) in [5.74, 6) is 0.239. The summed E-state index contributed by atoms with van der Waals surface area (Å²) < 4.78 is 5.42. The number of hydrogen-bond donors (Lipinski definition) is 2. The third kappa shape index (κ3) is 4.13. The molecule has 142 valence electrons. The molecular formula is C22H26N2O3. The van der Waals surface area contributed by atoms with Crippen molar-refractivity contribution in [2.24, 2.45) is 0 Å². The van der Waals surface area contributed by atoms with Crippen LogP contribution >= 0.6 is 0 Å². The van der Waals surface area contributed by atoms with Gasteiger partial charge in [0.15, 0.2) is 0 Å². The minimum Gasteiger partial charge on any atom is -0.494 e. The first kappa shape index (κ1) is 19.0. The Bertz CT molecular complexity index is 864. The van der Waals surface area contributed by atoms with Crippen molar-refractivity contribution in [3.8, 4) is 5.75 Å². The van der Waals surface area contributed by atoms with Gasteiger partial charge >= 0.3 is 0 Å². The van der Waals surface area contributed by atoms with Crippen LogP contribution in [0.4, 0.5) is 11.4 Å². The molecule has 0 spiro atoms. The van der Waals surface area contributed by atoms with E-state index in [1.807, 2.05) is 36.4 Å². The molecule has 1 aliphatic rings. The van der Waals surface area contributed by atoms with Crippen molar-refractivity contribution < 1.29 is 14.3 Å². The van der Waals surface area contributed by atoms with Crippen LogP contribution in [-0.4, -0.2) is 18.9 Å². The Kier molecular flexibility index (Phi) is 5.22. The highest BCUT2D eigenvalue weighted by Crippen LogP contribution is 2.38. The summed E-state index contributed by atoms with van der Waals surface area (Å²) in [4.78, 5) is 24.8. The zero-order valence-corrected chi connectivity index (χ0v) is 16.3. The Labute approximate surface area is 160 Å². The number of rotatable bonds is 3. The molecule has 3 rings (SSSR count). The monoisotopic (exact) mass is 366 g/mol. The van der Waals surface area contributed by atoms with Crippen LogP contribution in [0.3, 0.4) is 0 Å². The van der Waals surface area contributed by atoms with Gasteiger partial charge in [0.05, 0.1) is 12.8 Å². The molecular weight excluding hydrogens is 340 g/mol. The predicted molar refractivity (Wildman–Crippen MR) is 108 cm³/mol. The van der Waals surface area contributed by atoms with Crippen molar-refractivity contribution >= 4 is 23.2 Å². The minimum atomic E-state index is -0.236. The number of ether oxygens (including phenoxy) is 1. The van der Waals surface area contributed by atoms with E-state index in [1.165, 1.54) is 0 Å². The maximum Gasteiger partial charge on any atom is 0.255 e. The van der Waals surface area contributed by atoms with Crippen molar-refractivity contribution in [1.82, 2.24) is 0 Å². The molecule has 1 aliphatic heterocycles. The molecule has 5 heteroatoms. The molecule has 27 heavy (non-hydrogen) atoms. The molecule has 0 bridgehead atoms. The summed E-state index contributed by atoms with van der Waals surface area (Å²) >= 11 is 0. The van der Waals surface area contributed by atoms with Gasteiger partial charge in [0.1, 0.15) is 11.4 Å². The largest absolute Gasteiger partial charge is 0.494 e. The zero-order valence-electron chi connectivity index (χ0n) is 16.3. The van der Waals surface area contributed by atoms with Crippen molar-refractivity contribution in [2.45, 2.75) is 45.4 Å². The van der Waals surface area contributed by atoms with E-state index in [4.69, 9.17) is 4.74 Å². The van der Waals surface area contributed by atoms with Gasteiger partial charge in [0.2, 0.25) is 5.91 Å². The van der Waals surface area contributed by atoms with E-state index < -0.39 is 0 Å². The summed E-state index contributed by atoms with van der Waals surface area (Å²) in [6.07, 6.45) is 2.03. The van der Waals surface area contributed by atoms with Crippen molar-refractivity contribution in [1.29, 1.82) is 0 Å². The van der Waals surface area contributed by atoms with Crippen LogP contribution in [0, 0.1) is 0 Å². The number of nitrogens with one attached hydrogen (secondary N) is 2. The second kappa shape index (κ2) is 7.43. The number of carbonyl (C=O) groups is 2. The highest BCUT2D eigenvalue weighted by atomic mass is 16.5. The smallest absolute Gasteiger partial charge is 0.255 e. The first-order chi connectivity index (χ1) is 12.8. The maximum atomic E-state index is 12.8. The minimum absolute atomic E-state index is 0.0270. The molecule has 0 fully saturated rings. The highest BCUT2D eigenvalue weighted by molar-refractivity contribution is 6.09. The second-order valence-corrected chi connectivity index (χ2v) is 7.86. The third-order valence-electron chi connectivity index (χ3n) is 4.84. The van der Waals surface area contributed by atoms with Crippen molar-refractivity contribution in [3.05, 3.63) is 53.1 Å². The first-order valence-electron chi connectivity index (χ1n) is 9.21. The van der Waals surface area contributed by atoms with Crippen molar-refractivity contribution in [2.75, 3.05) is 17.7 Å². The lowest BCUT2D eigenvalue weighted by molar-refractivity contribution is -0.116. The SMILES string of the molecule is COc1ccc2c(c1NC(=O)c1ccc(C(C)(C)C)cc1)NC(=O)CCC2. The summed E-state index contributed by atoms with van der Waals surface area (Å²) in [7, 11) is 1.55. The molecule has 2 aromatic rings. The number of fused-ring (bicyclic) bond motifs is 1. The van der Waals surface area contributed by atoms with Gasteiger partial charge in [-0.3, -0.25) is 9.59 Å². The number of benzene rings is 2. The predicted octanol–water partition coefficient (Wildman–Crippen LogP) is 4.52. The van der Waals surface area contributed by atoms with E-state index in [0.29, 0.717) is 29.1 Å². The molecule has 2 amide bonds. The first-order valence-corrected chi connectivity index (χ1v) is 9.21. The molecule has 1 heterocycles. The van der Waals surface area contributed by atoms with E-state index in [-0.39, 0.29) is 17.2 Å². The summed E-state index contributed by atoms with van der Waals surface area (Å²) in [6.45, 7) is 6.40. The fraction of sp³-hybridized carbons (Fsp3) is 0.364. The van der Waals surface area contributed by atoms with Crippen molar-refractivity contribution in [3.63, 3.8) is 0 Å². The zero-order chi connectivity index (χ0) is 19.6. The van der Waals surface area contributed by atoms with Crippen LogP contribution in [0.5, 0.6) is 5.75 Å². The van der Waals surface area contributed by atoms with Gasteiger partial charge in [0.25, 0.3) is 5.91 Å².